The Kier molecular flexibility index (Phi) is 9.71. The predicted octanol–water partition coefficient (Wildman–Crippen LogP) is 14.3. The number of benzene rings is 8. The van der Waals surface area contributed by atoms with Crippen molar-refractivity contribution in [3.05, 3.63) is 228 Å². The van der Waals surface area contributed by atoms with E-state index in [4.69, 9.17) is 29.0 Å². The van der Waals surface area contributed by atoms with Crippen LogP contribution in [-0.4, -0.2) is 21.4 Å². The lowest BCUT2D eigenvalue weighted by Crippen LogP contribution is -2.18. The number of hydrogen-bond donors (Lipinski definition) is 0. The average molecular weight is 857 g/mol. The van der Waals surface area contributed by atoms with E-state index in [1.807, 2.05) is 48.5 Å². The fraction of sp³-hybridized carbons (Fsp3) is 0.103. The summed E-state index contributed by atoms with van der Waals surface area (Å²) in [6.07, 6.45) is 1.57. The van der Waals surface area contributed by atoms with Crippen molar-refractivity contribution < 1.29 is 8.83 Å². The number of nitrogens with zero attached hydrogens (tertiary/aromatic N) is 6. The fourth-order valence-electron chi connectivity index (χ4n) is 9.16. The molecule has 8 aromatic carbocycles. The summed E-state index contributed by atoms with van der Waals surface area (Å²) in [5.74, 6) is 1.22. The fourth-order valence-corrected chi connectivity index (χ4v) is 9.16. The van der Waals surface area contributed by atoms with Crippen molar-refractivity contribution in [3.8, 4) is 34.0 Å². The van der Waals surface area contributed by atoms with Crippen LogP contribution in [0.3, 0.4) is 0 Å². The van der Waals surface area contributed by atoms with Gasteiger partial charge in [0.2, 0.25) is 11.8 Å². The minimum Gasteiger partial charge on any atom is -0.436 e. The first-order chi connectivity index (χ1) is 32.5. The van der Waals surface area contributed by atoms with Crippen LogP contribution in [0.5, 0.6) is 0 Å². The molecule has 66 heavy (non-hydrogen) atoms. The van der Waals surface area contributed by atoms with Gasteiger partial charge in [0, 0.05) is 24.0 Å². The molecule has 0 spiro atoms. The molecule has 2 atom stereocenters. The van der Waals surface area contributed by atoms with Crippen LogP contribution in [0.1, 0.15) is 58.3 Å². The molecule has 0 aliphatic carbocycles. The Bertz CT molecular complexity index is 3130. The van der Waals surface area contributed by atoms with E-state index < -0.39 is 0 Å². The monoisotopic (exact) mass is 856 g/mol. The van der Waals surface area contributed by atoms with E-state index in [1.54, 1.807) is 0 Å². The first kappa shape index (κ1) is 39.2. The summed E-state index contributed by atoms with van der Waals surface area (Å²) in [4.78, 5) is 9.44. The Morgan fingerprint density at radius 1 is 0.379 bits per heavy atom. The van der Waals surface area contributed by atoms with E-state index in [9.17, 15) is 0 Å². The van der Waals surface area contributed by atoms with E-state index in [2.05, 4.69) is 169 Å². The van der Waals surface area contributed by atoms with Crippen molar-refractivity contribution in [1.29, 1.82) is 0 Å². The van der Waals surface area contributed by atoms with Gasteiger partial charge in [0.15, 0.2) is 11.2 Å². The topological polar surface area (TPSA) is 83.3 Å². The summed E-state index contributed by atoms with van der Waals surface area (Å²) < 4.78 is 12.2. The molecule has 2 aliphatic heterocycles. The zero-order chi connectivity index (χ0) is 44.1. The summed E-state index contributed by atoms with van der Waals surface area (Å²) in [5.41, 5.74) is 18.7. The molecule has 0 amide bonds. The number of anilines is 2. The number of oxazole rings is 2. The molecular formula is C58H44N6O2. The Morgan fingerprint density at radius 2 is 0.727 bits per heavy atom. The highest BCUT2D eigenvalue weighted by molar-refractivity contribution is 6.04. The van der Waals surface area contributed by atoms with E-state index in [1.165, 1.54) is 22.3 Å². The largest absolute Gasteiger partial charge is 0.436 e. The molecule has 0 bridgehead atoms. The molecule has 318 valence electrons. The van der Waals surface area contributed by atoms with E-state index in [0.717, 1.165) is 91.2 Å². The van der Waals surface area contributed by atoms with Crippen molar-refractivity contribution >= 4 is 45.0 Å². The summed E-state index contributed by atoms with van der Waals surface area (Å²) in [6, 6.07) is 67.8. The van der Waals surface area contributed by atoms with E-state index >= 15 is 0 Å². The Labute approximate surface area is 382 Å². The molecule has 10 aromatic rings. The first-order valence-electron chi connectivity index (χ1n) is 22.5. The highest BCUT2D eigenvalue weighted by atomic mass is 16.4. The average Bonchev–Trinajstić information content (AvgIpc) is 4.20. The van der Waals surface area contributed by atoms with Crippen LogP contribution in [0.2, 0.25) is 0 Å². The number of fused-ring (bicyclic) bond motifs is 2. The number of aromatic nitrogens is 2. The number of aryl methyl sites for hydroxylation is 2. The second-order valence-corrected chi connectivity index (χ2v) is 17.3. The van der Waals surface area contributed by atoms with Gasteiger partial charge in [-0.05, 0) is 120 Å². The van der Waals surface area contributed by atoms with Gasteiger partial charge >= 0.3 is 0 Å². The van der Waals surface area contributed by atoms with Crippen molar-refractivity contribution in [1.82, 2.24) is 9.97 Å². The van der Waals surface area contributed by atoms with Crippen molar-refractivity contribution in [3.63, 3.8) is 0 Å². The standard InChI is InChI=1S/C58H44N6O2/c1-37-11-15-41(16-12-37)51-35-53(63(61-51)47-31-27-45(28-32-47)57-59-49-7-3-5-9-55(49)65-57)43-23-19-39(20-24-43)40-21-25-44(26-22-40)54-36-52(42-17-13-38(2)14-18-42)62-64(54)48-33-29-46(30-34-48)58-60-50-8-4-6-10-56(50)66-58/h3-34,53-54H,35-36H2,1-2H3. The van der Waals surface area contributed by atoms with Crippen LogP contribution in [0.4, 0.5) is 11.4 Å². The van der Waals surface area contributed by atoms with Gasteiger partial charge in [-0.1, -0.05) is 132 Å². The SMILES string of the molecule is Cc1ccc(C2=NN(c3ccc(-c4nc5ccccc5o4)cc3)C(c3ccc(-c4ccc(C5CC(c6ccc(C)cc6)=NN5c5ccc(-c6nc7ccccc7o6)cc5)cc4)cc3)C2)cc1. The maximum absolute atomic E-state index is 6.08. The quantitative estimate of drug-likeness (QED) is 0.144. The van der Waals surface area contributed by atoms with Crippen LogP contribution < -0.4 is 10.0 Å². The summed E-state index contributed by atoms with van der Waals surface area (Å²) in [5, 5.41) is 14.8. The van der Waals surface area contributed by atoms with Gasteiger partial charge in [0.25, 0.3) is 0 Å². The van der Waals surface area contributed by atoms with Gasteiger partial charge in [-0.2, -0.15) is 10.2 Å². The maximum Gasteiger partial charge on any atom is 0.227 e. The number of hydrogen-bond acceptors (Lipinski definition) is 8. The second-order valence-electron chi connectivity index (χ2n) is 17.3. The Hall–Kier alpha value is -8.36. The van der Waals surface area contributed by atoms with Gasteiger partial charge in [-0.3, -0.25) is 10.0 Å². The third kappa shape index (κ3) is 7.42. The van der Waals surface area contributed by atoms with Gasteiger partial charge in [0.1, 0.15) is 11.0 Å². The lowest BCUT2D eigenvalue weighted by atomic mass is 9.94. The molecular weight excluding hydrogens is 813 g/mol. The van der Waals surface area contributed by atoms with Crippen LogP contribution >= 0.6 is 0 Å². The van der Waals surface area contributed by atoms with Gasteiger partial charge < -0.3 is 8.83 Å². The van der Waals surface area contributed by atoms with Crippen LogP contribution in [-0.2, 0) is 0 Å². The number of rotatable bonds is 9. The zero-order valence-electron chi connectivity index (χ0n) is 36.5. The van der Waals surface area contributed by atoms with Gasteiger partial charge in [-0.15, -0.1) is 0 Å². The van der Waals surface area contributed by atoms with Crippen LogP contribution in [0, 0.1) is 13.8 Å². The highest BCUT2D eigenvalue weighted by Crippen LogP contribution is 2.41. The number of para-hydroxylation sites is 4. The molecule has 0 fully saturated rings. The zero-order valence-corrected chi connectivity index (χ0v) is 36.5. The van der Waals surface area contributed by atoms with E-state index in [-0.39, 0.29) is 12.1 Å². The Morgan fingerprint density at radius 3 is 1.11 bits per heavy atom. The molecule has 0 radical (unpaired) electrons. The lowest BCUT2D eigenvalue weighted by Gasteiger charge is -2.25. The smallest absolute Gasteiger partial charge is 0.227 e. The van der Waals surface area contributed by atoms with Crippen molar-refractivity contribution in [2.24, 2.45) is 10.2 Å². The van der Waals surface area contributed by atoms with E-state index in [0.29, 0.717) is 11.8 Å². The molecule has 0 N–H and O–H groups in total. The first-order valence-corrected chi connectivity index (χ1v) is 22.5. The van der Waals surface area contributed by atoms with Gasteiger partial charge in [-0.25, -0.2) is 9.97 Å². The third-order valence-corrected chi connectivity index (χ3v) is 12.9. The minimum absolute atomic E-state index is 0.0213. The molecule has 12 rings (SSSR count). The normalized spacial score (nSPS) is 16.0. The summed E-state index contributed by atoms with van der Waals surface area (Å²) in [7, 11) is 0. The third-order valence-electron chi connectivity index (χ3n) is 12.9. The van der Waals surface area contributed by atoms with Crippen molar-refractivity contribution in [2.45, 2.75) is 38.8 Å². The predicted molar refractivity (Wildman–Crippen MR) is 266 cm³/mol. The molecule has 0 saturated heterocycles. The second kappa shape index (κ2) is 16.3. The molecule has 8 nitrogen and oxygen atoms in total. The van der Waals surface area contributed by atoms with Crippen molar-refractivity contribution in [2.75, 3.05) is 10.0 Å². The highest BCUT2D eigenvalue weighted by Gasteiger charge is 2.32. The molecule has 2 aromatic heterocycles. The van der Waals surface area contributed by atoms with Crippen LogP contribution in [0.15, 0.2) is 213 Å². The summed E-state index contributed by atoms with van der Waals surface area (Å²) >= 11 is 0. The molecule has 2 unspecified atom stereocenters. The van der Waals surface area contributed by atoms with Crippen LogP contribution in [0.25, 0.3) is 56.2 Å². The maximum atomic E-state index is 6.08. The molecule has 2 aliphatic rings. The molecule has 4 heterocycles. The van der Waals surface area contributed by atoms with Gasteiger partial charge in [0.05, 0.1) is 34.9 Å². The summed E-state index contributed by atoms with van der Waals surface area (Å²) in [6.45, 7) is 4.23. The Balaban J connectivity index is 0.808. The lowest BCUT2D eigenvalue weighted by molar-refractivity contribution is 0.619. The molecule has 0 saturated carbocycles. The minimum atomic E-state index is 0.0213. The molecule has 8 heteroatoms. The number of hydrazone groups is 2.